The van der Waals surface area contributed by atoms with Crippen LogP contribution in [0, 0.1) is 5.82 Å². The van der Waals surface area contributed by atoms with E-state index in [0.29, 0.717) is 0 Å². The van der Waals surface area contributed by atoms with Gasteiger partial charge in [-0.3, -0.25) is 0 Å². The molecule has 4 heteroatoms. The number of nitrogens with one attached hydrogen (secondary N) is 1. The first-order valence-corrected chi connectivity index (χ1v) is 6.94. The molecule has 0 bridgehead atoms. The number of likely N-dealkylation sites (N-methyl/N-ethyl adjacent to an activating group) is 1. The molecule has 0 radical (unpaired) electrons. The Hall–Kier alpha value is -1.58. The summed E-state index contributed by atoms with van der Waals surface area (Å²) < 4.78 is 13.0. The number of anilines is 1. The third kappa shape index (κ3) is 4.83. The van der Waals surface area contributed by atoms with Crippen LogP contribution in [-0.2, 0) is 6.54 Å². The molecule has 0 atom stereocenters. The van der Waals surface area contributed by atoms with Crippen LogP contribution in [0.5, 0.6) is 0 Å². The van der Waals surface area contributed by atoms with E-state index in [1.807, 2.05) is 31.3 Å². The number of hydrogen-bond donors (Lipinski definition) is 1. The largest absolute Gasteiger partial charge is 0.384 e. The quantitative estimate of drug-likeness (QED) is 0.865. The second-order valence-electron chi connectivity index (χ2n) is 4.80. The van der Waals surface area contributed by atoms with Gasteiger partial charge in [0.05, 0.1) is 0 Å². The van der Waals surface area contributed by atoms with Gasteiger partial charge in [-0.25, -0.2) is 4.39 Å². The molecular weight excluding hydrogens is 275 g/mol. The standard InChI is InChI=1S/C16H18ClFN2/c1-20(12-13-4-2-5-14(17)10-13)9-8-19-16-7-3-6-15(18)11-16/h2-7,10-11,19H,8-9,12H2,1H3. The van der Waals surface area contributed by atoms with E-state index in [0.717, 1.165) is 30.3 Å². The Morgan fingerprint density at radius 1 is 1.15 bits per heavy atom. The third-order valence-electron chi connectivity index (χ3n) is 2.99. The molecular formula is C16H18ClFN2. The summed E-state index contributed by atoms with van der Waals surface area (Å²) >= 11 is 5.96. The van der Waals surface area contributed by atoms with Gasteiger partial charge in [0.1, 0.15) is 5.82 Å². The number of rotatable bonds is 6. The molecule has 2 rings (SSSR count). The van der Waals surface area contributed by atoms with Crippen LogP contribution in [0.25, 0.3) is 0 Å². The molecule has 2 aromatic rings. The van der Waals surface area contributed by atoms with Crippen molar-refractivity contribution < 1.29 is 4.39 Å². The topological polar surface area (TPSA) is 15.3 Å². The van der Waals surface area contributed by atoms with E-state index < -0.39 is 0 Å². The minimum absolute atomic E-state index is 0.220. The van der Waals surface area contributed by atoms with Crippen LogP contribution in [0.15, 0.2) is 48.5 Å². The van der Waals surface area contributed by atoms with Crippen LogP contribution >= 0.6 is 11.6 Å². The van der Waals surface area contributed by atoms with E-state index in [-0.39, 0.29) is 5.82 Å². The summed E-state index contributed by atoms with van der Waals surface area (Å²) in [4.78, 5) is 2.19. The molecule has 0 saturated heterocycles. The van der Waals surface area contributed by atoms with Crippen molar-refractivity contribution in [1.82, 2.24) is 4.90 Å². The van der Waals surface area contributed by atoms with E-state index in [1.54, 1.807) is 6.07 Å². The molecule has 0 unspecified atom stereocenters. The molecule has 2 nitrogen and oxygen atoms in total. The number of nitrogens with zero attached hydrogens (tertiary/aromatic N) is 1. The Morgan fingerprint density at radius 3 is 2.70 bits per heavy atom. The fourth-order valence-corrected chi connectivity index (χ4v) is 2.23. The van der Waals surface area contributed by atoms with Crippen molar-refractivity contribution in [3.05, 3.63) is 64.9 Å². The molecule has 0 heterocycles. The van der Waals surface area contributed by atoms with E-state index in [1.165, 1.54) is 17.7 Å². The highest BCUT2D eigenvalue weighted by Crippen LogP contribution is 2.12. The maximum Gasteiger partial charge on any atom is 0.125 e. The van der Waals surface area contributed by atoms with Crippen molar-refractivity contribution in [2.75, 3.05) is 25.5 Å². The summed E-state index contributed by atoms with van der Waals surface area (Å²) in [5, 5.41) is 3.96. The van der Waals surface area contributed by atoms with E-state index in [4.69, 9.17) is 11.6 Å². The van der Waals surface area contributed by atoms with Gasteiger partial charge in [0.25, 0.3) is 0 Å². The van der Waals surface area contributed by atoms with Crippen LogP contribution in [0.2, 0.25) is 5.02 Å². The Balaban J connectivity index is 1.76. The highest BCUT2D eigenvalue weighted by Gasteiger charge is 2.01. The first kappa shape index (κ1) is 14.8. The Kier molecular flexibility index (Phi) is 5.39. The van der Waals surface area contributed by atoms with Crippen molar-refractivity contribution >= 4 is 17.3 Å². The number of halogens is 2. The molecule has 0 saturated carbocycles. The molecule has 20 heavy (non-hydrogen) atoms. The molecule has 0 fully saturated rings. The molecule has 106 valence electrons. The lowest BCUT2D eigenvalue weighted by Gasteiger charge is -2.17. The predicted molar refractivity (Wildman–Crippen MR) is 82.7 cm³/mol. The normalized spacial score (nSPS) is 10.8. The van der Waals surface area contributed by atoms with E-state index >= 15 is 0 Å². The van der Waals surface area contributed by atoms with Crippen molar-refractivity contribution in [3.8, 4) is 0 Å². The Labute approximate surface area is 124 Å². The van der Waals surface area contributed by atoms with Gasteiger partial charge in [-0.1, -0.05) is 29.8 Å². The Bertz CT molecular complexity index is 560. The van der Waals surface area contributed by atoms with Crippen molar-refractivity contribution in [2.45, 2.75) is 6.54 Å². The maximum atomic E-state index is 13.0. The van der Waals surface area contributed by atoms with E-state index in [9.17, 15) is 4.39 Å². The fourth-order valence-electron chi connectivity index (χ4n) is 2.02. The number of benzene rings is 2. The lowest BCUT2D eigenvalue weighted by molar-refractivity contribution is 0.340. The summed E-state index contributed by atoms with van der Waals surface area (Å²) in [7, 11) is 2.05. The van der Waals surface area contributed by atoms with Gasteiger partial charge in [0.15, 0.2) is 0 Å². The van der Waals surface area contributed by atoms with Crippen LogP contribution in [0.4, 0.5) is 10.1 Å². The van der Waals surface area contributed by atoms with Gasteiger partial charge in [0, 0.05) is 30.3 Å². The summed E-state index contributed by atoms with van der Waals surface area (Å²) in [6.45, 7) is 2.47. The molecule has 0 aliphatic rings. The molecule has 0 spiro atoms. The predicted octanol–water partition coefficient (Wildman–Crippen LogP) is 4.02. The fraction of sp³-hybridized carbons (Fsp3) is 0.250. The molecule has 0 aliphatic carbocycles. The van der Waals surface area contributed by atoms with Crippen molar-refractivity contribution in [3.63, 3.8) is 0 Å². The zero-order valence-corrected chi connectivity index (χ0v) is 12.2. The first-order chi connectivity index (χ1) is 9.63. The lowest BCUT2D eigenvalue weighted by atomic mass is 10.2. The molecule has 0 aromatic heterocycles. The maximum absolute atomic E-state index is 13.0. The number of hydrogen-bond acceptors (Lipinski definition) is 2. The highest BCUT2D eigenvalue weighted by molar-refractivity contribution is 6.30. The van der Waals surface area contributed by atoms with Crippen LogP contribution in [0.1, 0.15) is 5.56 Å². The smallest absolute Gasteiger partial charge is 0.125 e. The zero-order valence-electron chi connectivity index (χ0n) is 11.4. The van der Waals surface area contributed by atoms with Crippen molar-refractivity contribution in [1.29, 1.82) is 0 Å². The first-order valence-electron chi connectivity index (χ1n) is 6.56. The van der Waals surface area contributed by atoms with Crippen LogP contribution in [0.3, 0.4) is 0 Å². The zero-order chi connectivity index (χ0) is 14.4. The van der Waals surface area contributed by atoms with Crippen molar-refractivity contribution in [2.24, 2.45) is 0 Å². The average Bonchev–Trinajstić information content (AvgIpc) is 2.38. The van der Waals surface area contributed by atoms with E-state index in [2.05, 4.69) is 16.3 Å². The third-order valence-corrected chi connectivity index (χ3v) is 3.22. The molecule has 2 aromatic carbocycles. The average molecular weight is 293 g/mol. The van der Waals surface area contributed by atoms with Crippen LogP contribution < -0.4 is 5.32 Å². The van der Waals surface area contributed by atoms with Gasteiger partial charge in [0.2, 0.25) is 0 Å². The monoisotopic (exact) mass is 292 g/mol. The second kappa shape index (κ2) is 7.27. The summed E-state index contributed by atoms with van der Waals surface area (Å²) in [6.07, 6.45) is 0. The van der Waals surface area contributed by atoms with Crippen LogP contribution in [-0.4, -0.2) is 25.0 Å². The van der Waals surface area contributed by atoms with Gasteiger partial charge in [-0.2, -0.15) is 0 Å². The lowest BCUT2D eigenvalue weighted by Crippen LogP contribution is -2.24. The summed E-state index contributed by atoms with van der Waals surface area (Å²) in [5.74, 6) is -0.220. The second-order valence-corrected chi connectivity index (χ2v) is 5.24. The van der Waals surface area contributed by atoms with Gasteiger partial charge < -0.3 is 10.2 Å². The summed E-state index contributed by atoms with van der Waals surface area (Å²) in [6, 6.07) is 14.4. The van der Waals surface area contributed by atoms with Gasteiger partial charge in [-0.15, -0.1) is 0 Å². The van der Waals surface area contributed by atoms with Gasteiger partial charge >= 0.3 is 0 Å². The molecule has 0 amide bonds. The minimum Gasteiger partial charge on any atom is -0.384 e. The van der Waals surface area contributed by atoms with Gasteiger partial charge in [-0.05, 0) is 42.9 Å². The minimum atomic E-state index is -0.220. The molecule has 1 N–H and O–H groups in total. The summed E-state index contributed by atoms with van der Waals surface area (Å²) in [5.41, 5.74) is 1.99. The molecule has 0 aliphatic heterocycles. The highest BCUT2D eigenvalue weighted by atomic mass is 35.5. The Morgan fingerprint density at radius 2 is 1.95 bits per heavy atom. The SMILES string of the molecule is CN(CCNc1cccc(F)c1)Cc1cccc(Cl)c1.